The summed E-state index contributed by atoms with van der Waals surface area (Å²) in [5, 5.41) is 0. The Morgan fingerprint density at radius 1 is 1.19 bits per heavy atom. The number of carbonyl (C=O) groups is 4. The molecule has 8 heteroatoms. The van der Waals surface area contributed by atoms with Crippen LogP contribution in [0.2, 0.25) is 0 Å². The second-order valence-corrected chi connectivity index (χ2v) is 9.26. The Kier molecular flexibility index (Phi) is 5.61. The van der Waals surface area contributed by atoms with Crippen LogP contribution in [0.5, 0.6) is 0 Å². The van der Waals surface area contributed by atoms with E-state index < -0.39 is 35.7 Å². The van der Waals surface area contributed by atoms with Gasteiger partial charge in [-0.25, -0.2) is 4.79 Å². The second-order valence-electron chi connectivity index (χ2n) is 9.26. The Morgan fingerprint density at radius 3 is 2.47 bits per heavy atom. The molecule has 32 heavy (non-hydrogen) atoms. The molecule has 172 valence electrons. The van der Waals surface area contributed by atoms with Gasteiger partial charge in [-0.15, -0.1) is 0 Å². The quantitative estimate of drug-likeness (QED) is 0.201. The highest BCUT2D eigenvalue weighted by molar-refractivity contribution is 5.96. The van der Waals surface area contributed by atoms with E-state index in [1.54, 1.807) is 0 Å². The molecule has 0 amide bonds. The molecule has 2 aliphatic carbocycles. The molecule has 2 saturated heterocycles. The van der Waals surface area contributed by atoms with E-state index in [2.05, 4.69) is 19.7 Å². The van der Waals surface area contributed by atoms with E-state index in [1.165, 1.54) is 13.8 Å². The fourth-order valence-electron chi connectivity index (χ4n) is 5.79. The van der Waals surface area contributed by atoms with Crippen LogP contribution in [0.4, 0.5) is 0 Å². The van der Waals surface area contributed by atoms with Crippen molar-refractivity contribution in [1.29, 1.82) is 0 Å². The average Bonchev–Trinajstić information content (AvgIpc) is 3.38. The Balaban J connectivity index is 1.60. The van der Waals surface area contributed by atoms with Crippen molar-refractivity contribution in [3.05, 3.63) is 36.5 Å². The maximum Gasteiger partial charge on any atom is 0.334 e. The standard InChI is InChI=1S/C24H28O8/c1-11-6-16(7-18(27)12(2)9-29-14(4)25)20-13(3)23(28)32-22(20)21-17(11)8-19(31-15(5)26)24(21)10-30-24/h16-17,19-22H,1-3,6-10H2,4-5H3/t16-,17+,19+,20-,21+,22+,24-/m1/s1. The van der Waals surface area contributed by atoms with E-state index >= 15 is 0 Å². The molecule has 0 N–H and O–H groups in total. The van der Waals surface area contributed by atoms with Gasteiger partial charge in [-0.2, -0.15) is 0 Å². The Morgan fingerprint density at radius 2 is 1.88 bits per heavy atom. The summed E-state index contributed by atoms with van der Waals surface area (Å²) in [5.41, 5.74) is 0.740. The largest absolute Gasteiger partial charge is 0.461 e. The van der Waals surface area contributed by atoms with Crippen LogP contribution in [0, 0.1) is 23.7 Å². The predicted molar refractivity (Wildman–Crippen MR) is 111 cm³/mol. The molecule has 0 bridgehead atoms. The van der Waals surface area contributed by atoms with Crippen molar-refractivity contribution in [2.75, 3.05) is 13.2 Å². The fourth-order valence-corrected chi connectivity index (χ4v) is 5.79. The third kappa shape index (κ3) is 3.70. The molecule has 4 fully saturated rings. The van der Waals surface area contributed by atoms with Crippen molar-refractivity contribution in [3.8, 4) is 0 Å². The van der Waals surface area contributed by atoms with Crippen molar-refractivity contribution in [2.45, 2.75) is 50.9 Å². The molecule has 2 aliphatic heterocycles. The van der Waals surface area contributed by atoms with Crippen LogP contribution < -0.4 is 0 Å². The van der Waals surface area contributed by atoms with Gasteiger partial charge in [0.2, 0.25) is 0 Å². The van der Waals surface area contributed by atoms with Gasteiger partial charge in [0, 0.05) is 43.3 Å². The van der Waals surface area contributed by atoms with Crippen LogP contribution in [0.25, 0.3) is 0 Å². The lowest BCUT2D eigenvalue weighted by Crippen LogP contribution is -2.43. The van der Waals surface area contributed by atoms with Gasteiger partial charge >= 0.3 is 17.9 Å². The maximum absolute atomic E-state index is 12.8. The molecule has 4 aliphatic rings. The highest BCUT2D eigenvalue weighted by Crippen LogP contribution is 2.61. The van der Waals surface area contributed by atoms with E-state index in [-0.39, 0.29) is 48.1 Å². The number of hydrogen-bond acceptors (Lipinski definition) is 8. The summed E-state index contributed by atoms with van der Waals surface area (Å²) in [6.07, 6.45) is 0.170. The van der Waals surface area contributed by atoms with E-state index in [9.17, 15) is 19.2 Å². The molecule has 0 aromatic rings. The number of ether oxygens (including phenoxy) is 4. The van der Waals surface area contributed by atoms with E-state index in [0.717, 1.165) is 5.57 Å². The molecule has 0 aromatic carbocycles. The summed E-state index contributed by atoms with van der Waals surface area (Å²) in [4.78, 5) is 48.1. The molecule has 0 aromatic heterocycles. The van der Waals surface area contributed by atoms with Crippen molar-refractivity contribution in [2.24, 2.45) is 23.7 Å². The summed E-state index contributed by atoms with van der Waals surface area (Å²) >= 11 is 0. The van der Waals surface area contributed by atoms with Crippen LogP contribution in [-0.2, 0) is 38.1 Å². The smallest absolute Gasteiger partial charge is 0.334 e. The number of esters is 3. The molecular weight excluding hydrogens is 416 g/mol. The normalized spacial score (nSPS) is 37.2. The lowest BCUT2D eigenvalue weighted by Gasteiger charge is -2.30. The highest BCUT2D eigenvalue weighted by Gasteiger charge is 2.72. The zero-order valence-corrected chi connectivity index (χ0v) is 18.4. The molecule has 0 radical (unpaired) electrons. The fraction of sp³-hybridized carbons (Fsp3) is 0.583. The third-order valence-corrected chi connectivity index (χ3v) is 7.26. The van der Waals surface area contributed by atoms with E-state index in [1.807, 2.05) is 0 Å². The molecule has 8 nitrogen and oxygen atoms in total. The van der Waals surface area contributed by atoms with E-state index in [0.29, 0.717) is 25.0 Å². The Bertz CT molecular complexity index is 926. The van der Waals surface area contributed by atoms with Crippen LogP contribution >= 0.6 is 0 Å². The zero-order chi connectivity index (χ0) is 23.4. The molecule has 0 unspecified atom stereocenters. The van der Waals surface area contributed by atoms with Crippen LogP contribution in [0.15, 0.2) is 36.5 Å². The Labute approximate surface area is 186 Å². The van der Waals surface area contributed by atoms with E-state index in [4.69, 9.17) is 18.9 Å². The minimum atomic E-state index is -0.703. The summed E-state index contributed by atoms with van der Waals surface area (Å²) in [7, 11) is 0. The van der Waals surface area contributed by atoms with Crippen molar-refractivity contribution >= 4 is 23.7 Å². The minimum Gasteiger partial charge on any atom is -0.461 e. The maximum atomic E-state index is 12.8. The number of fused-ring (bicyclic) bond motifs is 4. The van der Waals surface area contributed by atoms with Crippen molar-refractivity contribution < 1.29 is 38.1 Å². The van der Waals surface area contributed by atoms with Gasteiger partial charge in [0.05, 0.1) is 6.61 Å². The van der Waals surface area contributed by atoms with Gasteiger partial charge in [0.15, 0.2) is 5.78 Å². The number of epoxide rings is 1. The van der Waals surface area contributed by atoms with Gasteiger partial charge in [0.1, 0.15) is 24.4 Å². The molecule has 7 atom stereocenters. The van der Waals surface area contributed by atoms with Gasteiger partial charge in [-0.3, -0.25) is 14.4 Å². The first-order valence-corrected chi connectivity index (χ1v) is 10.8. The highest BCUT2D eigenvalue weighted by atomic mass is 16.6. The number of ketones is 1. The van der Waals surface area contributed by atoms with Gasteiger partial charge < -0.3 is 18.9 Å². The average molecular weight is 444 g/mol. The van der Waals surface area contributed by atoms with Crippen LogP contribution in [0.3, 0.4) is 0 Å². The lowest BCUT2D eigenvalue weighted by molar-refractivity contribution is -0.152. The van der Waals surface area contributed by atoms with Gasteiger partial charge in [-0.05, 0) is 24.7 Å². The SMILES string of the molecule is C=C(COC(C)=O)C(=O)C[C@H]1CC(=C)[C@@H]2C[C@H](OC(C)=O)[C@]3(CO3)[C@@H]2[C@H]2OC(=O)C(=C)[C@H]12. The summed E-state index contributed by atoms with van der Waals surface area (Å²) in [5.74, 6) is -2.54. The monoisotopic (exact) mass is 444 g/mol. The van der Waals surface area contributed by atoms with Gasteiger partial charge in [0.25, 0.3) is 0 Å². The molecule has 2 saturated carbocycles. The molecule has 2 heterocycles. The number of rotatable bonds is 6. The number of Topliss-reactive ketones (excluding diaryl/α,β-unsaturated/α-hetero) is 1. The summed E-state index contributed by atoms with van der Waals surface area (Å²) in [6.45, 7) is 14.9. The predicted octanol–water partition coefficient (Wildman–Crippen LogP) is 2.08. The molecular formula is C24H28O8. The van der Waals surface area contributed by atoms with Crippen LogP contribution in [-0.4, -0.2) is 54.7 Å². The molecule has 4 rings (SSSR count). The number of allylic oxidation sites excluding steroid dienone is 1. The minimum absolute atomic E-state index is 0.0719. The number of hydrogen-bond donors (Lipinski definition) is 0. The summed E-state index contributed by atoms with van der Waals surface area (Å²) in [6, 6.07) is 0. The Hall–Kier alpha value is -2.74. The van der Waals surface area contributed by atoms with Crippen LogP contribution in [0.1, 0.15) is 33.1 Å². The van der Waals surface area contributed by atoms with Crippen molar-refractivity contribution in [3.63, 3.8) is 0 Å². The van der Waals surface area contributed by atoms with Crippen molar-refractivity contribution in [1.82, 2.24) is 0 Å². The second kappa shape index (κ2) is 7.99. The zero-order valence-electron chi connectivity index (χ0n) is 18.4. The lowest BCUT2D eigenvalue weighted by atomic mass is 9.75. The number of carbonyl (C=O) groups excluding carboxylic acids is 4. The topological polar surface area (TPSA) is 109 Å². The first-order chi connectivity index (χ1) is 15.0. The first kappa shape index (κ1) is 22.5. The van der Waals surface area contributed by atoms with Gasteiger partial charge in [-0.1, -0.05) is 25.3 Å². The summed E-state index contributed by atoms with van der Waals surface area (Å²) < 4.78 is 22.1. The molecule has 1 spiro atoms. The third-order valence-electron chi connectivity index (χ3n) is 7.26. The first-order valence-electron chi connectivity index (χ1n) is 10.8.